The normalized spacial score (nSPS) is 14.3. The summed E-state index contributed by atoms with van der Waals surface area (Å²) in [6, 6.07) is 7.83. The molecule has 3 N–H and O–H groups in total. The van der Waals surface area contributed by atoms with Crippen molar-refractivity contribution >= 4 is 5.69 Å². The quantitative estimate of drug-likeness (QED) is 0.780. The second-order valence-corrected chi connectivity index (χ2v) is 4.77. The molecule has 0 aliphatic heterocycles. The van der Waals surface area contributed by atoms with Crippen molar-refractivity contribution in [1.29, 1.82) is 0 Å². The van der Waals surface area contributed by atoms with E-state index in [9.17, 15) is 0 Å². The summed E-state index contributed by atoms with van der Waals surface area (Å²) in [6.07, 6.45) is 0. The van der Waals surface area contributed by atoms with Crippen LogP contribution in [0, 0.1) is 5.92 Å². The Morgan fingerprint density at radius 3 is 2.44 bits per heavy atom. The zero-order valence-electron chi connectivity index (χ0n) is 11.7. The SMILES string of the molecule is COCC(CN)(Nc1ccccc1OC)C(C)C. The lowest BCUT2D eigenvalue weighted by atomic mass is 9.86. The Balaban J connectivity index is 3.02. The molecular formula is C14H24N2O2. The molecule has 0 aliphatic rings. The van der Waals surface area contributed by atoms with E-state index < -0.39 is 0 Å². The molecule has 0 saturated heterocycles. The van der Waals surface area contributed by atoms with Gasteiger partial charge >= 0.3 is 0 Å². The first-order chi connectivity index (χ1) is 8.59. The van der Waals surface area contributed by atoms with Crippen LogP contribution in [0.2, 0.25) is 0 Å². The van der Waals surface area contributed by atoms with Gasteiger partial charge in [0.2, 0.25) is 0 Å². The van der Waals surface area contributed by atoms with Gasteiger partial charge in [-0.1, -0.05) is 26.0 Å². The third-order valence-corrected chi connectivity index (χ3v) is 3.36. The Bertz CT molecular complexity index is 369. The third-order valence-electron chi connectivity index (χ3n) is 3.36. The molecule has 0 bridgehead atoms. The summed E-state index contributed by atoms with van der Waals surface area (Å²) >= 11 is 0. The lowest BCUT2D eigenvalue weighted by Gasteiger charge is -2.38. The van der Waals surface area contributed by atoms with Crippen LogP contribution in [-0.4, -0.2) is 32.9 Å². The Morgan fingerprint density at radius 1 is 1.28 bits per heavy atom. The van der Waals surface area contributed by atoms with Crippen molar-refractivity contribution in [2.45, 2.75) is 19.4 Å². The van der Waals surface area contributed by atoms with Crippen molar-refractivity contribution in [2.24, 2.45) is 11.7 Å². The van der Waals surface area contributed by atoms with Crippen molar-refractivity contribution < 1.29 is 9.47 Å². The minimum absolute atomic E-state index is 0.288. The first-order valence-electron chi connectivity index (χ1n) is 6.20. The van der Waals surface area contributed by atoms with Crippen LogP contribution in [0.3, 0.4) is 0 Å². The zero-order chi connectivity index (χ0) is 13.6. The summed E-state index contributed by atoms with van der Waals surface area (Å²) in [4.78, 5) is 0. The Morgan fingerprint density at radius 2 is 1.94 bits per heavy atom. The number of rotatable bonds is 7. The van der Waals surface area contributed by atoms with Gasteiger partial charge < -0.3 is 20.5 Å². The molecule has 4 heteroatoms. The van der Waals surface area contributed by atoms with Crippen molar-refractivity contribution in [3.63, 3.8) is 0 Å². The lowest BCUT2D eigenvalue weighted by Crippen LogP contribution is -2.53. The number of nitrogens with one attached hydrogen (secondary N) is 1. The fourth-order valence-corrected chi connectivity index (χ4v) is 1.97. The average molecular weight is 252 g/mol. The average Bonchev–Trinajstić information content (AvgIpc) is 2.38. The molecule has 0 aromatic heterocycles. The Hall–Kier alpha value is -1.26. The smallest absolute Gasteiger partial charge is 0.141 e. The minimum atomic E-state index is -0.288. The molecule has 1 rings (SSSR count). The first-order valence-corrected chi connectivity index (χ1v) is 6.20. The van der Waals surface area contributed by atoms with E-state index in [4.69, 9.17) is 15.2 Å². The van der Waals surface area contributed by atoms with Crippen molar-refractivity contribution in [3.8, 4) is 5.75 Å². The largest absolute Gasteiger partial charge is 0.495 e. The van der Waals surface area contributed by atoms with Crippen LogP contribution in [0.4, 0.5) is 5.69 Å². The summed E-state index contributed by atoms with van der Waals surface area (Å²) < 4.78 is 10.7. The van der Waals surface area contributed by atoms with Gasteiger partial charge in [0, 0.05) is 13.7 Å². The van der Waals surface area contributed by atoms with Crippen molar-refractivity contribution in [3.05, 3.63) is 24.3 Å². The maximum atomic E-state index is 5.95. The van der Waals surface area contributed by atoms with E-state index >= 15 is 0 Å². The van der Waals surface area contributed by atoms with Crippen LogP contribution in [0.1, 0.15) is 13.8 Å². The molecule has 0 saturated carbocycles. The molecule has 102 valence electrons. The second kappa shape index (κ2) is 6.61. The number of ether oxygens (including phenoxy) is 2. The standard InChI is InChI=1S/C14H24N2O2/c1-11(2)14(9-15,10-17-3)16-12-7-5-6-8-13(12)18-4/h5-8,11,16H,9-10,15H2,1-4H3. The van der Waals surface area contributed by atoms with E-state index in [1.54, 1.807) is 14.2 Å². The van der Waals surface area contributed by atoms with Crippen LogP contribution < -0.4 is 15.8 Å². The third kappa shape index (κ3) is 3.15. The number of benzene rings is 1. The first kappa shape index (κ1) is 14.8. The van der Waals surface area contributed by atoms with Gasteiger partial charge in [0.05, 0.1) is 24.9 Å². The molecule has 1 unspecified atom stereocenters. The molecule has 0 fully saturated rings. The number of para-hydroxylation sites is 2. The summed E-state index contributed by atoms with van der Waals surface area (Å²) in [7, 11) is 3.35. The number of anilines is 1. The summed E-state index contributed by atoms with van der Waals surface area (Å²) in [5.74, 6) is 1.15. The highest BCUT2D eigenvalue weighted by Gasteiger charge is 2.33. The van der Waals surface area contributed by atoms with E-state index in [1.807, 2.05) is 24.3 Å². The van der Waals surface area contributed by atoms with Crippen LogP contribution in [0.15, 0.2) is 24.3 Å². The fraction of sp³-hybridized carbons (Fsp3) is 0.571. The van der Waals surface area contributed by atoms with E-state index in [1.165, 1.54) is 0 Å². The highest BCUT2D eigenvalue weighted by molar-refractivity contribution is 5.58. The molecule has 0 aliphatic carbocycles. The zero-order valence-corrected chi connectivity index (χ0v) is 11.7. The maximum absolute atomic E-state index is 5.95. The maximum Gasteiger partial charge on any atom is 0.141 e. The monoisotopic (exact) mass is 252 g/mol. The Kier molecular flexibility index (Phi) is 5.44. The highest BCUT2D eigenvalue weighted by Crippen LogP contribution is 2.29. The minimum Gasteiger partial charge on any atom is -0.495 e. The predicted octanol–water partition coefficient (Wildman–Crippen LogP) is 2.11. The van der Waals surface area contributed by atoms with Gasteiger partial charge in [0.25, 0.3) is 0 Å². The van der Waals surface area contributed by atoms with Gasteiger partial charge in [-0.3, -0.25) is 0 Å². The topological polar surface area (TPSA) is 56.5 Å². The number of hydrogen-bond donors (Lipinski definition) is 2. The van der Waals surface area contributed by atoms with Crippen molar-refractivity contribution in [2.75, 3.05) is 32.7 Å². The molecule has 0 heterocycles. The van der Waals surface area contributed by atoms with Gasteiger partial charge in [-0.25, -0.2) is 0 Å². The van der Waals surface area contributed by atoms with E-state index in [2.05, 4.69) is 19.2 Å². The number of methoxy groups -OCH3 is 2. The van der Waals surface area contributed by atoms with E-state index in [-0.39, 0.29) is 5.54 Å². The van der Waals surface area contributed by atoms with Crippen LogP contribution in [0.5, 0.6) is 5.75 Å². The molecule has 1 aromatic carbocycles. The fourth-order valence-electron chi connectivity index (χ4n) is 1.97. The van der Waals surface area contributed by atoms with Gasteiger partial charge in [-0.05, 0) is 18.1 Å². The van der Waals surface area contributed by atoms with Crippen LogP contribution >= 0.6 is 0 Å². The van der Waals surface area contributed by atoms with Gasteiger partial charge in [0.15, 0.2) is 0 Å². The summed E-state index contributed by atoms with van der Waals surface area (Å²) in [5.41, 5.74) is 6.60. The van der Waals surface area contributed by atoms with Crippen LogP contribution in [-0.2, 0) is 4.74 Å². The van der Waals surface area contributed by atoms with E-state index in [0.29, 0.717) is 19.1 Å². The van der Waals surface area contributed by atoms with Crippen LogP contribution in [0.25, 0.3) is 0 Å². The molecule has 0 amide bonds. The molecule has 1 aromatic rings. The number of nitrogens with two attached hydrogens (primary N) is 1. The Labute approximate surface area is 109 Å². The molecule has 1 atom stereocenters. The number of hydrogen-bond acceptors (Lipinski definition) is 4. The summed E-state index contributed by atoms with van der Waals surface area (Å²) in [5, 5.41) is 3.49. The molecule has 4 nitrogen and oxygen atoms in total. The van der Waals surface area contributed by atoms with E-state index in [0.717, 1.165) is 11.4 Å². The second-order valence-electron chi connectivity index (χ2n) is 4.77. The highest BCUT2D eigenvalue weighted by atomic mass is 16.5. The molecule has 18 heavy (non-hydrogen) atoms. The predicted molar refractivity (Wildman–Crippen MR) is 75.1 cm³/mol. The van der Waals surface area contributed by atoms with Gasteiger partial charge in [-0.15, -0.1) is 0 Å². The summed E-state index contributed by atoms with van der Waals surface area (Å²) in [6.45, 7) is 5.32. The molecular weight excluding hydrogens is 228 g/mol. The molecule has 0 spiro atoms. The van der Waals surface area contributed by atoms with Gasteiger partial charge in [0.1, 0.15) is 5.75 Å². The lowest BCUT2D eigenvalue weighted by molar-refractivity contribution is 0.121. The van der Waals surface area contributed by atoms with Crippen molar-refractivity contribution in [1.82, 2.24) is 0 Å². The van der Waals surface area contributed by atoms with Gasteiger partial charge in [-0.2, -0.15) is 0 Å². The molecule has 0 radical (unpaired) electrons.